The summed E-state index contributed by atoms with van der Waals surface area (Å²) in [7, 11) is 0. The average Bonchev–Trinajstić information content (AvgIpc) is 3.31. The molecule has 1 N–H and O–H groups in total. The lowest BCUT2D eigenvalue weighted by atomic mass is 9.68. The second-order valence-corrected chi connectivity index (χ2v) is 10.5. The van der Waals surface area contributed by atoms with E-state index < -0.39 is 0 Å². The first-order valence-corrected chi connectivity index (χ1v) is 13.2. The number of aromatic nitrogens is 1. The van der Waals surface area contributed by atoms with Crippen molar-refractivity contribution in [3.63, 3.8) is 0 Å². The van der Waals surface area contributed by atoms with Crippen LogP contribution in [-0.4, -0.2) is 30.3 Å². The summed E-state index contributed by atoms with van der Waals surface area (Å²) in [5.41, 5.74) is 4.26. The monoisotopic (exact) mass is 448 g/mol. The van der Waals surface area contributed by atoms with Gasteiger partial charge in [0.25, 0.3) is 0 Å². The van der Waals surface area contributed by atoms with E-state index in [0.29, 0.717) is 6.04 Å². The number of nitrogens with zero attached hydrogens (tertiary/aromatic N) is 1. The van der Waals surface area contributed by atoms with Crippen LogP contribution in [0.4, 0.5) is 0 Å². The molecule has 2 fully saturated rings. The van der Waals surface area contributed by atoms with Crippen LogP contribution in [0.3, 0.4) is 0 Å². The second-order valence-electron chi connectivity index (χ2n) is 10.5. The molecule has 1 spiro atoms. The Morgan fingerprint density at radius 3 is 2.64 bits per heavy atom. The van der Waals surface area contributed by atoms with Gasteiger partial charge in [0.15, 0.2) is 0 Å². The Labute approximate surface area is 199 Å². The second kappa shape index (κ2) is 10.2. The predicted octanol–water partition coefficient (Wildman–Crippen LogP) is 6.43. The molecule has 2 aromatic rings. The third kappa shape index (κ3) is 4.89. The minimum Gasteiger partial charge on any atom is -0.375 e. The molecule has 1 aliphatic heterocycles. The topological polar surface area (TPSA) is 43.4 Å². The molecule has 0 bridgehead atoms. The maximum Gasteiger partial charge on any atom is 0.0828 e. The van der Waals surface area contributed by atoms with Crippen LogP contribution in [0.15, 0.2) is 48.7 Å². The highest BCUT2D eigenvalue weighted by atomic mass is 16.5. The van der Waals surface area contributed by atoms with Gasteiger partial charge in [-0.1, -0.05) is 50.1 Å². The molecule has 2 heterocycles. The molecule has 0 amide bonds. The number of hydrogen-bond donors (Lipinski definition) is 1. The number of nitrogens with one attached hydrogen (secondary N) is 1. The Hall–Kier alpha value is -1.75. The molecule has 178 valence electrons. The Morgan fingerprint density at radius 1 is 1.03 bits per heavy atom. The fourth-order valence-corrected chi connectivity index (χ4v) is 6.68. The molecule has 1 aromatic heterocycles. The van der Waals surface area contributed by atoms with Crippen LogP contribution >= 0.6 is 0 Å². The first-order valence-electron chi connectivity index (χ1n) is 13.2. The number of rotatable bonds is 8. The summed E-state index contributed by atoms with van der Waals surface area (Å²) in [6.45, 7) is 4.89. The zero-order valence-corrected chi connectivity index (χ0v) is 20.2. The van der Waals surface area contributed by atoms with Crippen LogP contribution in [0.25, 0.3) is 0 Å². The highest BCUT2D eigenvalue weighted by Gasteiger charge is 2.48. The minimum atomic E-state index is 0.0804. The summed E-state index contributed by atoms with van der Waals surface area (Å²) >= 11 is 0. The van der Waals surface area contributed by atoms with Crippen molar-refractivity contribution in [1.82, 2.24) is 10.3 Å². The molecule has 1 saturated heterocycles. The Bertz CT molecular complexity index is 896. The van der Waals surface area contributed by atoms with Gasteiger partial charge in [0.1, 0.15) is 0 Å². The molecule has 4 nitrogen and oxygen atoms in total. The fraction of sp³-hybridized carbons (Fsp3) is 0.621. The van der Waals surface area contributed by atoms with Crippen LogP contribution in [0.2, 0.25) is 0 Å². The molecule has 0 radical (unpaired) electrons. The molecule has 4 heteroatoms. The van der Waals surface area contributed by atoms with Gasteiger partial charge >= 0.3 is 0 Å². The van der Waals surface area contributed by atoms with E-state index in [9.17, 15) is 0 Å². The van der Waals surface area contributed by atoms with E-state index in [1.165, 1.54) is 42.5 Å². The van der Waals surface area contributed by atoms with E-state index in [2.05, 4.69) is 48.6 Å². The highest BCUT2D eigenvalue weighted by molar-refractivity contribution is 5.34. The number of pyridine rings is 1. The summed E-state index contributed by atoms with van der Waals surface area (Å²) < 4.78 is 12.6. The zero-order chi connectivity index (χ0) is 22.6. The molecule has 1 unspecified atom stereocenters. The molecule has 2 aliphatic carbocycles. The lowest BCUT2D eigenvalue weighted by Gasteiger charge is -2.46. The molecule has 5 rings (SSSR count). The van der Waals surface area contributed by atoms with Crippen molar-refractivity contribution in [3.8, 4) is 0 Å². The summed E-state index contributed by atoms with van der Waals surface area (Å²) in [6.07, 6.45) is 13.8. The van der Waals surface area contributed by atoms with Gasteiger partial charge in [-0.3, -0.25) is 4.98 Å². The number of hydrogen-bond acceptors (Lipinski definition) is 4. The first kappa shape index (κ1) is 23.0. The predicted molar refractivity (Wildman–Crippen MR) is 132 cm³/mol. The van der Waals surface area contributed by atoms with Gasteiger partial charge in [0, 0.05) is 36.6 Å². The smallest absolute Gasteiger partial charge is 0.0828 e. The van der Waals surface area contributed by atoms with E-state index in [4.69, 9.17) is 14.5 Å². The highest BCUT2D eigenvalue weighted by Crippen LogP contribution is 2.49. The average molecular weight is 449 g/mol. The lowest BCUT2D eigenvalue weighted by molar-refractivity contribution is -0.104. The van der Waals surface area contributed by atoms with Crippen molar-refractivity contribution in [3.05, 3.63) is 65.5 Å². The first-order chi connectivity index (χ1) is 16.2. The van der Waals surface area contributed by atoms with E-state index in [1.807, 2.05) is 12.3 Å². The van der Waals surface area contributed by atoms with E-state index >= 15 is 0 Å². The van der Waals surface area contributed by atoms with Crippen molar-refractivity contribution in [1.29, 1.82) is 0 Å². The fourth-order valence-electron chi connectivity index (χ4n) is 6.68. The Balaban J connectivity index is 1.30. The summed E-state index contributed by atoms with van der Waals surface area (Å²) in [5, 5.41) is 3.95. The molecule has 3 aliphatic rings. The SMILES string of the molecule is CCCO[C@H]1CC[C@H](NCCC2(c3ccccn3)CCOC3(CCCC3)C2)c2ccccc21. The normalized spacial score (nSPS) is 28.6. The Kier molecular flexibility index (Phi) is 7.15. The molecule has 1 saturated carbocycles. The minimum absolute atomic E-state index is 0.0804. The number of fused-ring (bicyclic) bond motifs is 1. The Morgan fingerprint density at radius 2 is 1.85 bits per heavy atom. The summed E-state index contributed by atoms with van der Waals surface area (Å²) in [5.74, 6) is 0. The van der Waals surface area contributed by atoms with Crippen LogP contribution in [0.1, 0.15) is 100 Å². The van der Waals surface area contributed by atoms with Crippen molar-refractivity contribution in [2.75, 3.05) is 19.8 Å². The largest absolute Gasteiger partial charge is 0.375 e. The van der Waals surface area contributed by atoms with Gasteiger partial charge in [-0.25, -0.2) is 0 Å². The molecule has 1 aromatic carbocycles. The van der Waals surface area contributed by atoms with Gasteiger partial charge in [0.2, 0.25) is 0 Å². The van der Waals surface area contributed by atoms with Gasteiger partial charge in [-0.2, -0.15) is 0 Å². The van der Waals surface area contributed by atoms with E-state index in [0.717, 1.165) is 58.3 Å². The van der Waals surface area contributed by atoms with Gasteiger partial charge in [-0.05, 0) is 81.2 Å². The number of benzene rings is 1. The van der Waals surface area contributed by atoms with Crippen LogP contribution in [-0.2, 0) is 14.9 Å². The maximum absolute atomic E-state index is 6.43. The van der Waals surface area contributed by atoms with Crippen molar-refractivity contribution >= 4 is 0 Å². The third-order valence-corrected chi connectivity index (χ3v) is 8.33. The van der Waals surface area contributed by atoms with Crippen molar-refractivity contribution in [2.45, 2.75) is 94.3 Å². The van der Waals surface area contributed by atoms with Crippen molar-refractivity contribution < 1.29 is 9.47 Å². The zero-order valence-electron chi connectivity index (χ0n) is 20.2. The number of ether oxygens (including phenoxy) is 2. The van der Waals surface area contributed by atoms with Crippen LogP contribution in [0, 0.1) is 0 Å². The standard InChI is InChI=1S/C29H40N2O2/c1-2-20-32-26-13-12-25(23-9-3-4-10-24(23)26)30-19-16-28(27-11-5-8-18-31-27)17-21-33-29(22-28)14-6-7-15-29/h3-5,8-11,18,25-26,30H,2,6-7,12-17,19-22H2,1H3/t25-,26-,28?/m0/s1. The molecular weight excluding hydrogens is 408 g/mol. The van der Waals surface area contributed by atoms with Crippen LogP contribution < -0.4 is 5.32 Å². The van der Waals surface area contributed by atoms with Gasteiger partial charge in [-0.15, -0.1) is 0 Å². The molecule has 33 heavy (non-hydrogen) atoms. The van der Waals surface area contributed by atoms with Gasteiger partial charge in [0.05, 0.1) is 11.7 Å². The van der Waals surface area contributed by atoms with Gasteiger partial charge < -0.3 is 14.8 Å². The summed E-state index contributed by atoms with van der Waals surface area (Å²) in [4.78, 5) is 4.87. The summed E-state index contributed by atoms with van der Waals surface area (Å²) in [6, 6.07) is 15.7. The maximum atomic E-state index is 6.43. The van der Waals surface area contributed by atoms with Crippen molar-refractivity contribution in [2.24, 2.45) is 0 Å². The van der Waals surface area contributed by atoms with Crippen LogP contribution in [0.5, 0.6) is 0 Å². The molecule has 3 atom stereocenters. The quantitative estimate of drug-likeness (QED) is 0.506. The van der Waals surface area contributed by atoms with E-state index in [-0.39, 0.29) is 17.1 Å². The lowest BCUT2D eigenvalue weighted by Crippen LogP contribution is -2.47. The molecular formula is C29H40N2O2. The third-order valence-electron chi connectivity index (χ3n) is 8.33. The van der Waals surface area contributed by atoms with E-state index in [1.54, 1.807) is 0 Å².